The standard InChI is InChI=1S/C26H27N7O/c1-16(2)9-25-29-13-21-20(10-17(3)28-15-23(21)32-25)18-6-8-33-24(11-18)22(14-30-33)26(34)31-19-5-4-7-27-12-19/h4-8,10-14,16-17,28H,9,15H2,1-3H3,(H,31,34)/t17-/m1/s1. The number of pyridine rings is 2. The van der Waals surface area contributed by atoms with Crippen molar-refractivity contribution in [3.8, 4) is 0 Å². The Hall–Kier alpha value is -3.91. The van der Waals surface area contributed by atoms with Crippen LogP contribution in [0.25, 0.3) is 11.1 Å². The van der Waals surface area contributed by atoms with Gasteiger partial charge in [0.1, 0.15) is 5.82 Å². The molecule has 2 N–H and O–H groups in total. The van der Waals surface area contributed by atoms with Crippen LogP contribution in [0.4, 0.5) is 5.69 Å². The van der Waals surface area contributed by atoms with E-state index in [1.54, 1.807) is 35.2 Å². The molecule has 1 aliphatic rings. The zero-order valence-corrected chi connectivity index (χ0v) is 19.5. The van der Waals surface area contributed by atoms with Crippen molar-refractivity contribution in [1.29, 1.82) is 0 Å². The van der Waals surface area contributed by atoms with E-state index in [1.165, 1.54) is 0 Å². The van der Waals surface area contributed by atoms with Crippen molar-refractivity contribution in [2.45, 2.75) is 39.8 Å². The number of carbonyl (C=O) groups is 1. The first-order chi connectivity index (χ1) is 16.5. The molecule has 0 spiro atoms. The van der Waals surface area contributed by atoms with E-state index < -0.39 is 0 Å². The summed E-state index contributed by atoms with van der Waals surface area (Å²) in [4.78, 5) is 26.5. The summed E-state index contributed by atoms with van der Waals surface area (Å²) < 4.78 is 1.71. The van der Waals surface area contributed by atoms with Crippen molar-refractivity contribution < 1.29 is 4.79 Å². The largest absolute Gasteiger partial charge is 0.320 e. The van der Waals surface area contributed by atoms with E-state index in [4.69, 9.17) is 4.98 Å². The second kappa shape index (κ2) is 9.15. The van der Waals surface area contributed by atoms with Gasteiger partial charge in [0.25, 0.3) is 5.91 Å². The quantitative estimate of drug-likeness (QED) is 0.476. The smallest absolute Gasteiger partial charge is 0.259 e. The summed E-state index contributed by atoms with van der Waals surface area (Å²) in [6.07, 6.45) is 11.7. The van der Waals surface area contributed by atoms with Crippen LogP contribution in [0.2, 0.25) is 0 Å². The summed E-state index contributed by atoms with van der Waals surface area (Å²) in [5.41, 5.74) is 5.89. The second-order valence-corrected chi connectivity index (χ2v) is 8.99. The van der Waals surface area contributed by atoms with Gasteiger partial charge in [-0.25, -0.2) is 14.5 Å². The molecule has 0 saturated heterocycles. The lowest BCUT2D eigenvalue weighted by molar-refractivity contribution is 0.102. The van der Waals surface area contributed by atoms with Gasteiger partial charge >= 0.3 is 0 Å². The Bertz CT molecular complexity index is 1370. The minimum atomic E-state index is -0.230. The number of anilines is 1. The monoisotopic (exact) mass is 453 g/mol. The lowest BCUT2D eigenvalue weighted by Crippen LogP contribution is -2.22. The Labute approximate surface area is 198 Å². The van der Waals surface area contributed by atoms with Gasteiger partial charge in [-0.05, 0) is 48.2 Å². The lowest BCUT2D eigenvalue weighted by atomic mass is 9.97. The average Bonchev–Trinajstić information content (AvgIpc) is 3.18. The van der Waals surface area contributed by atoms with Gasteiger partial charge in [-0.3, -0.25) is 9.78 Å². The topological polar surface area (TPSA) is 97.1 Å². The van der Waals surface area contributed by atoms with Crippen molar-refractivity contribution in [2.24, 2.45) is 5.92 Å². The van der Waals surface area contributed by atoms with Gasteiger partial charge in [0.2, 0.25) is 0 Å². The normalized spacial score (nSPS) is 15.6. The number of rotatable bonds is 5. The number of hydrogen-bond acceptors (Lipinski definition) is 6. The van der Waals surface area contributed by atoms with Gasteiger partial charge in [-0.1, -0.05) is 19.9 Å². The molecule has 0 radical (unpaired) electrons. The van der Waals surface area contributed by atoms with Crippen molar-refractivity contribution in [3.05, 3.63) is 89.5 Å². The van der Waals surface area contributed by atoms with E-state index in [2.05, 4.69) is 52.5 Å². The fourth-order valence-corrected chi connectivity index (χ4v) is 4.15. The molecule has 8 heteroatoms. The molecule has 0 aliphatic carbocycles. The Morgan fingerprint density at radius 2 is 2.15 bits per heavy atom. The maximum absolute atomic E-state index is 13.0. The number of nitrogens with one attached hydrogen (secondary N) is 2. The van der Waals surface area contributed by atoms with Crippen LogP contribution in [0, 0.1) is 5.92 Å². The van der Waals surface area contributed by atoms with Gasteiger partial charge in [0.15, 0.2) is 0 Å². The van der Waals surface area contributed by atoms with Gasteiger partial charge < -0.3 is 10.6 Å². The molecule has 0 aromatic carbocycles. The summed E-state index contributed by atoms with van der Waals surface area (Å²) in [5.74, 6) is 1.13. The van der Waals surface area contributed by atoms with E-state index in [9.17, 15) is 4.79 Å². The van der Waals surface area contributed by atoms with E-state index in [1.807, 2.05) is 24.5 Å². The molecular formula is C26H27N7O. The third kappa shape index (κ3) is 4.45. The van der Waals surface area contributed by atoms with Gasteiger partial charge in [0.05, 0.1) is 34.9 Å². The Morgan fingerprint density at radius 3 is 2.94 bits per heavy atom. The highest BCUT2D eigenvalue weighted by Crippen LogP contribution is 2.29. The molecule has 172 valence electrons. The Balaban J connectivity index is 1.54. The van der Waals surface area contributed by atoms with Crippen LogP contribution in [-0.2, 0) is 13.0 Å². The fourth-order valence-electron chi connectivity index (χ4n) is 4.15. The van der Waals surface area contributed by atoms with Crippen LogP contribution in [0.3, 0.4) is 0 Å². The van der Waals surface area contributed by atoms with Gasteiger partial charge in [-0.2, -0.15) is 5.10 Å². The first kappa shape index (κ1) is 21.9. The number of aromatic nitrogens is 5. The highest BCUT2D eigenvalue weighted by molar-refractivity contribution is 6.09. The molecule has 5 heterocycles. The zero-order valence-electron chi connectivity index (χ0n) is 19.5. The summed E-state index contributed by atoms with van der Waals surface area (Å²) in [5, 5.41) is 10.8. The minimum Gasteiger partial charge on any atom is -0.320 e. The number of amides is 1. The first-order valence-electron chi connectivity index (χ1n) is 11.5. The highest BCUT2D eigenvalue weighted by Gasteiger charge is 2.20. The van der Waals surface area contributed by atoms with Crippen LogP contribution < -0.4 is 10.6 Å². The molecule has 1 atom stereocenters. The third-order valence-electron chi connectivity index (χ3n) is 5.80. The molecule has 4 aromatic heterocycles. The summed E-state index contributed by atoms with van der Waals surface area (Å²) >= 11 is 0. The molecule has 0 saturated carbocycles. The molecule has 0 unspecified atom stereocenters. The van der Waals surface area contributed by atoms with Crippen molar-refractivity contribution >= 4 is 22.7 Å². The molecule has 5 rings (SSSR count). The minimum absolute atomic E-state index is 0.159. The Morgan fingerprint density at radius 1 is 1.26 bits per heavy atom. The average molecular weight is 454 g/mol. The molecular weight excluding hydrogens is 426 g/mol. The summed E-state index contributed by atoms with van der Waals surface area (Å²) in [6.45, 7) is 7.14. The van der Waals surface area contributed by atoms with Crippen molar-refractivity contribution in [1.82, 2.24) is 29.9 Å². The van der Waals surface area contributed by atoms with Crippen molar-refractivity contribution in [2.75, 3.05) is 5.32 Å². The molecule has 0 bridgehead atoms. The number of fused-ring (bicyclic) bond motifs is 2. The Kier molecular flexibility index (Phi) is 5.90. The lowest BCUT2D eigenvalue weighted by Gasteiger charge is -2.13. The van der Waals surface area contributed by atoms with Crippen molar-refractivity contribution in [3.63, 3.8) is 0 Å². The molecule has 1 amide bonds. The summed E-state index contributed by atoms with van der Waals surface area (Å²) in [7, 11) is 0. The predicted molar refractivity (Wildman–Crippen MR) is 131 cm³/mol. The zero-order chi connectivity index (χ0) is 23.7. The first-order valence-corrected chi connectivity index (χ1v) is 11.5. The van der Waals surface area contributed by atoms with Crippen LogP contribution in [-0.4, -0.2) is 36.5 Å². The van der Waals surface area contributed by atoms with E-state index in [0.717, 1.165) is 40.2 Å². The van der Waals surface area contributed by atoms with Crippen LogP contribution >= 0.6 is 0 Å². The molecule has 8 nitrogen and oxygen atoms in total. The van der Waals surface area contributed by atoms with Crippen LogP contribution in [0.15, 0.2) is 61.3 Å². The molecule has 34 heavy (non-hydrogen) atoms. The predicted octanol–water partition coefficient (Wildman–Crippen LogP) is 3.89. The van der Waals surface area contributed by atoms with Gasteiger partial charge in [-0.15, -0.1) is 0 Å². The summed E-state index contributed by atoms with van der Waals surface area (Å²) in [6, 6.07) is 7.76. The van der Waals surface area contributed by atoms with E-state index in [-0.39, 0.29) is 11.9 Å². The van der Waals surface area contributed by atoms with Crippen LogP contribution in [0.1, 0.15) is 53.8 Å². The molecule has 4 aromatic rings. The number of hydrogen-bond donors (Lipinski definition) is 2. The number of carbonyl (C=O) groups excluding carboxylic acids is 1. The highest BCUT2D eigenvalue weighted by atomic mass is 16.1. The van der Waals surface area contributed by atoms with Crippen LogP contribution in [0.5, 0.6) is 0 Å². The fraction of sp³-hybridized carbons (Fsp3) is 0.269. The number of nitrogens with zero attached hydrogens (tertiary/aromatic N) is 5. The maximum atomic E-state index is 13.0. The SMILES string of the molecule is CC(C)Cc1ncc2c(n1)CN[C@H](C)C=C2c1ccn2ncc(C(=O)Nc3cccnc3)c2c1. The van der Waals surface area contributed by atoms with Gasteiger partial charge in [0, 0.05) is 43.2 Å². The second-order valence-electron chi connectivity index (χ2n) is 8.99. The maximum Gasteiger partial charge on any atom is 0.259 e. The third-order valence-corrected chi connectivity index (χ3v) is 5.80. The molecule has 1 aliphatic heterocycles. The molecule has 0 fully saturated rings. The van der Waals surface area contributed by atoms with E-state index >= 15 is 0 Å². The van der Waals surface area contributed by atoms with E-state index in [0.29, 0.717) is 23.7 Å².